The van der Waals surface area contributed by atoms with Gasteiger partial charge in [-0.25, -0.2) is 9.59 Å². The van der Waals surface area contributed by atoms with Crippen LogP contribution in [0.25, 0.3) is 0 Å². The van der Waals surface area contributed by atoms with Gasteiger partial charge < -0.3 is 20.8 Å². The van der Waals surface area contributed by atoms with Crippen LogP contribution in [0.3, 0.4) is 0 Å². The van der Waals surface area contributed by atoms with Crippen LogP contribution in [-0.4, -0.2) is 51.9 Å². The molecular weight excluding hydrogens is 244 g/mol. The Labute approximate surface area is 104 Å². The van der Waals surface area contributed by atoms with E-state index in [9.17, 15) is 9.59 Å². The first-order valence-corrected chi connectivity index (χ1v) is 6.47. The third-order valence-electron chi connectivity index (χ3n) is 2.71. The zero-order valence-electron chi connectivity index (χ0n) is 9.73. The Bertz CT molecular complexity index is 292. The number of hydrogen-bond acceptors (Lipinski definition) is 4. The molecule has 0 radical (unpaired) electrons. The van der Waals surface area contributed by atoms with Gasteiger partial charge in [-0.3, -0.25) is 0 Å². The van der Waals surface area contributed by atoms with Crippen LogP contribution in [0, 0.1) is 0 Å². The van der Waals surface area contributed by atoms with E-state index in [1.807, 2.05) is 11.8 Å². The van der Waals surface area contributed by atoms with E-state index in [1.165, 1.54) is 0 Å². The number of hydrogen-bond donors (Lipinski definition) is 4. The summed E-state index contributed by atoms with van der Waals surface area (Å²) in [7, 11) is 0. The average Bonchev–Trinajstić information content (AvgIpc) is 2.70. The smallest absolute Gasteiger partial charge is 0.328 e. The van der Waals surface area contributed by atoms with Crippen molar-refractivity contribution in [2.75, 3.05) is 18.9 Å². The minimum atomic E-state index is -1.25. The second-order valence-corrected chi connectivity index (χ2v) is 5.98. The summed E-state index contributed by atoms with van der Waals surface area (Å²) in [5, 5.41) is 22.2. The number of nitrogens with one attached hydrogen (secondary N) is 2. The van der Waals surface area contributed by atoms with Crippen LogP contribution in [0.2, 0.25) is 0 Å². The minimum Gasteiger partial charge on any atom is -0.480 e. The number of aliphatic carboxylic acids is 1. The van der Waals surface area contributed by atoms with E-state index in [0.717, 1.165) is 18.6 Å². The van der Waals surface area contributed by atoms with Crippen molar-refractivity contribution in [1.29, 1.82) is 0 Å². The number of carboxylic acid groups (broad SMARTS) is 1. The van der Waals surface area contributed by atoms with E-state index in [0.29, 0.717) is 6.54 Å². The highest BCUT2D eigenvalue weighted by Gasteiger charge is 2.30. The molecule has 6 nitrogen and oxygen atoms in total. The summed E-state index contributed by atoms with van der Waals surface area (Å²) in [4.78, 5) is 22.0. The van der Waals surface area contributed by atoms with E-state index in [1.54, 1.807) is 0 Å². The highest BCUT2D eigenvalue weighted by molar-refractivity contribution is 8.00. The number of urea groups is 1. The molecule has 98 valence electrons. The monoisotopic (exact) mass is 262 g/mol. The Hall–Kier alpha value is -0.950. The van der Waals surface area contributed by atoms with Gasteiger partial charge in [-0.1, -0.05) is 0 Å². The standard InChI is InChI=1S/C10H18N2O4S/c1-10(3-2-4-17-10)6-11-9(16)12-7(5-13)8(14)15/h7,13H,2-6H2,1H3,(H,14,15)(H2,11,12,16)/t7-,10?/m0/s1. The summed E-state index contributed by atoms with van der Waals surface area (Å²) < 4.78 is 0.0370. The van der Waals surface area contributed by atoms with Crippen molar-refractivity contribution < 1.29 is 19.8 Å². The Balaban J connectivity index is 2.31. The first-order valence-electron chi connectivity index (χ1n) is 5.49. The lowest BCUT2D eigenvalue weighted by atomic mass is 10.1. The first-order chi connectivity index (χ1) is 7.97. The maximum Gasteiger partial charge on any atom is 0.328 e. The van der Waals surface area contributed by atoms with Crippen LogP contribution in [-0.2, 0) is 4.79 Å². The predicted molar refractivity (Wildman–Crippen MR) is 65.1 cm³/mol. The van der Waals surface area contributed by atoms with Crippen LogP contribution < -0.4 is 10.6 Å². The zero-order chi connectivity index (χ0) is 12.9. The van der Waals surface area contributed by atoms with Crippen molar-refractivity contribution >= 4 is 23.8 Å². The molecule has 0 aromatic rings. The van der Waals surface area contributed by atoms with Crippen LogP contribution in [0.5, 0.6) is 0 Å². The van der Waals surface area contributed by atoms with Crippen LogP contribution in [0.15, 0.2) is 0 Å². The Morgan fingerprint density at radius 1 is 1.53 bits per heavy atom. The molecule has 0 aromatic heterocycles. The number of aliphatic hydroxyl groups excluding tert-OH is 1. The van der Waals surface area contributed by atoms with E-state index in [4.69, 9.17) is 10.2 Å². The summed E-state index contributed by atoms with van der Waals surface area (Å²) in [6, 6.07) is -1.81. The van der Waals surface area contributed by atoms with Crippen molar-refractivity contribution in [1.82, 2.24) is 10.6 Å². The summed E-state index contributed by atoms with van der Waals surface area (Å²) in [5.41, 5.74) is 0. The number of thioether (sulfide) groups is 1. The Kier molecular flexibility index (Phi) is 5.07. The third kappa shape index (κ3) is 4.43. The summed E-state index contributed by atoms with van der Waals surface area (Å²) >= 11 is 1.81. The van der Waals surface area contributed by atoms with Gasteiger partial charge in [0.15, 0.2) is 6.04 Å². The largest absolute Gasteiger partial charge is 0.480 e. The van der Waals surface area contributed by atoms with Gasteiger partial charge in [0.1, 0.15) is 0 Å². The molecule has 1 fully saturated rings. The molecule has 0 spiro atoms. The molecule has 0 bridgehead atoms. The SMILES string of the molecule is CC1(CNC(=O)N[C@@H](CO)C(=O)O)CCCS1. The molecule has 17 heavy (non-hydrogen) atoms. The average molecular weight is 262 g/mol. The van der Waals surface area contributed by atoms with Crippen molar-refractivity contribution in [3.05, 3.63) is 0 Å². The number of carbonyl (C=O) groups is 2. The molecule has 2 amide bonds. The number of carbonyl (C=O) groups excluding carboxylic acids is 1. The molecule has 1 aliphatic heterocycles. The lowest BCUT2D eigenvalue weighted by Crippen LogP contribution is -2.50. The molecule has 1 saturated heterocycles. The molecule has 0 aromatic carbocycles. The lowest BCUT2D eigenvalue weighted by Gasteiger charge is -2.23. The summed E-state index contributed by atoms with van der Waals surface area (Å²) in [6.45, 7) is 1.96. The maximum atomic E-state index is 11.4. The Morgan fingerprint density at radius 3 is 2.71 bits per heavy atom. The topological polar surface area (TPSA) is 98.7 Å². The normalized spacial score (nSPS) is 25.3. The van der Waals surface area contributed by atoms with Crippen molar-refractivity contribution in [3.8, 4) is 0 Å². The molecule has 1 unspecified atom stereocenters. The number of amides is 2. The predicted octanol–water partition coefficient (Wildman–Crippen LogP) is 0.0168. The lowest BCUT2D eigenvalue weighted by molar-refractivity contribution is -0.140. The van der Waals surface area contributed by atoms with E-state index in [2.05, 4.69) is 17.6 Å². The van der Waals surface area contributed by atoms with Gasteiger partial charge in [0.25, 0.3) is 0 Å². The van der Waals surface area contributed by atoms with Crippen molar-refractivity contribution in [3.63, 3.8) is 0 Å². The molecule has 0 saturated carbocycles. The highest BCUT2D eigenvalue weighted by Crippen LogP contribution is 2.36. The van der Waals surface area contributed by atoms with Crippen molar-refractivity contribution in [2.45, 2.75) is 30.6 Å². The second-order valence-electron chi connectivity index (χ2n) is 4.30. The van der Waals surface area contributed by atoms with Gasteiger partial charge in [0.05, 0.1) is 6.61 Å². The third-order valence-corrected chi connectivity index (χ3v) is 4.25. The fourth-order valence-electron chi connectivity index (χ4n) is 1.64. The summed E-state index contributed by atoms with van der Waals surface area (Å²) in [6.07, 6.45) is 2.18. The summed E-state index contributed by atoms with van der Waals surface area (Å²) in [5.74, 6) is -0.155. The fraction of sp³-hybridized carbons (Fsp3) is 0.800. The quantitative estimate of drug-likeness (QED) is 0.560. The van der Waals surface area contributed by atoms with Gasteiger partial charge in [-0.2, -0.15) is 11.8 Å². The fourth-order valence-corrected chi connectivity index (χ4v) is 2.88. The van der Waals surface area contributed by atoms with Crippen molar-refractivity contribution in [2.24, 2.45) is 0 Å². The molecule has 1 aliphatic rings. The molecule has 4 N–H and O–H groups in total. The van der Waals surface area contributed by atoms with Crippen LogP contribution in [0.4, 0.5) is 4.79 Å². The molecule has 2 atom stereocenters. The maximum absolute atomic E-state index is 11.4. The molecular formula is C10H18N2O4S. The molecule has 0 aliphatic carbocycles. The van der Waals surface area contributed by atoms with Gasteiger partial charge in [-0.15, -0.1) is 0 Å². The molecule has 7 heteroatoms. The number of aliphatic hydroxyl groups is 1. The number of rotatable bonds is 5. The first kappa shape index (κ1) is 14.1. The molecule has 1 heterocycles. The highest BCUT2D eigenvalue weighted by atomic mass is 32.2. The van der Waals surface area contributed by atoms with Gasteiger partial charge >= 0.3 is 12.0 Å². The van der Waals surface area contributed by atoms with E-state index < -0.39 is 24.6 Å². The van der Waals surface area contributed by atoms with E-state index in [-0.39, 0.29) is 4.75 Å². The van der Waals surface area contributed by atoms with Gasteiger partial charge in [0, 0.05) is 11.3 Å². The van der Waals surface area contributed by atoms with Crippen LogP contribution in [0.1, 0.15) is 19.8 Å². The Morgan fingerprint density at radius 2 is 2.24 bits per heavy atom. The minimum absolute atomic E-state index is 0.0370. The van der Waals surface area contributed by atoms with Gasteiger partial charge in [-0.05, 0) is 25.5 Å². The number of carboxylic acids is 1. The van der Waals surface area contributed by atoms with Crippen LogP contribution >= 0.6 is 11.8 Å². The van der Waals surface area contributed by atoms with Gasteiger partial charge in [0.2, 0.25) is 0 Å². The van der Waals surface area contributed by atoms with E-state index >= 15 is 0 Å². The zero-order valence-corrected chi connectivity index (χ0v) is 10.5. The molecule has 1 rings (SSSR count). The second kappa shape index (κ2) is 6.11.